The van der Waals surface area contributed by atoms with Crippen LogP contribution in [0.5, 0.6) is 0 Å². The summed E-state index contributed by atoms with van der Waals surface area (Å²) in [6, 6.07) is 0.631. The molecular weight excluding hydrogens is 238 g/mol. The third-order valence-electron chi connectivity index (χ3n) is 5.00. The molecule has 1 N–H and O–H groups in total. The van der Waals surface area contributed by atoms with Gasteiger partial charge in [0.05, 0.1) is 11.7 Å². The zero-order valence-electron chi connectivity index (χ0n) is 13.1. The van der Waals surface area contributed by atoms with Crippen molar-refractivity contribution in [1.82, 2.24) is 5.32 Å². The van der Waals surface area contributed by atoms with Gasteiger partial charge in [0, 0.05) is 31.2 Å². The molecule has 0 aromatic carbocycles. The first-order valence-electron chi connectivity index (χ1n) is 8.03. The van der Waals surface area contributed by atoms with Gasteiger partial charge in [-0.2, -0.15) is 0 Å². The van der Waals surface area contributed by atoms with E-state index in [-0.39, 0.29) is 5.60 Å². The molecule has 1 spiro atoms. The third-order valence-corrected chi connectivity index (χ3v) is 5.00. The average molecular weight is 269 g/mol. The predicted molar refractivity (Wildman–Crippen MR) is 78.4 cm³/mol. The fourth-order valence-electron chi connectivity index (χ4n) is 3.98. The van der Waals surface area contributed by atoms with Crippen LogP contribution >= 0.6 is 0 Å². The van der Waals surface area contributed by atoms with Gasteiger partial charge < -0.3 is 14.8 Å². The number of hydrogen-bond acceptors (Lipinski definition) is 3. The van der Waals surface area contributed by atoms with Crippen molar-refractivity contribution in [2.75, 3.05) is 19.8 Å². The summed E-state index contributed by atoms with van der Waals surface area (Å²) >= 11 is 0. The minimum Gasteiger partial charge on any atom is -0.378 e. The fourth-order valence-corrected chi connectivity index (χ4v) is 3.98. The lowest BCUT2D eigenvalue weighted by Gasteiger charge is -2.54. The van der Waals surface area contributed by atoms with Gasteiger partial charge in [0.25, 0.3) is 0 Å². The van der Waals surface area contributed by atoms with E-state index in [1.54, 1.807) is 0 Å². The van der Waals surface area contributed by atoms with Gasteiger partial charge in [0.2, 0.25) is 0 Å². The fraction of sp³-hybridized carbons (Fsp3) is 1.00. The molecule has 0 bridgehead atoms. The second-order valence-electron chi connectivity index (χ2n) is 6.75. The summed E-state index contributed by atoms with van der Waals surface area (Å²) in [6.07, 6.45) is 7.09. The Morgan fingerprint density at radius 3 is 2.42 bits per heavy atom. The van der Waals surface area contributed by atoms with E-state index < -0.39 is 0 Å². The van der Waals surface area contributed by atoms with Crippen molar-refractivity contribution in [2.45, 2.75) is 77.5 Å². The summed E-state index contributed by atoms with van der Waals surface area (Å²) in [5, 5.41) is 3.76. The van der Waals surface area contributed by atoms with Crippen LogP contribution in [0.15, 0.2) is 0 Å². The van der Waals surface area contributed by atoms with E-state index in [0.717, 1.165) is 19.8 Å². The summed E-state index contributed by atoms with van der Waals surface area (Å²) in [5.74, 6) is 0. The topological polar surface area (TPSA) is 30.5 Å². The number of rotatable bonds is 7. The maximum atomic E-state index is 5.95. The SMILES string of the molecule is CCOC1CC(NCC(C)(C)OCC)C12CCCC2. The maximum Gasteiger partial charge on any atom is 0.0750 e. The highest BCUT2D eigenvalue weighted by Crippen LogP contribution is 2.54. The molecule has 0 amide bonds. The minimum absolute atomic E-state index is 0.0642. The van der Waals surface area contributed by atoms with Gasteiger partial charge >= 0.3 is 0 Å². The standard InChI is InChI=1S/C16H31NO2/c1-5-18-14-11-13(16(14)9-7-8-10-16)17-12-15(3,4)19-6-2/h13-14,17H,5-12H2,1-4H3. The Hall–Kier alpha value is -0.120. The smallest absolute Gasteiger partial charge is 0.0750 e. The second kappa shape index (κ2) is 6.11. The average Bonchev–Trinajstić information content (AvgIpc) is 2.84. The summed E-state index contributed by atoms with van der Waals surface area (Å²) in [5.41, 5.74) is 0.365. The molecule has 2 fully saturated rings. The molecule has 2 aliphatic carbocycles. The van der Waals surface area contributed by atoms with Crippen molar-refractivity contribution < 1.29 is 9.47 Å². The second-order valence-corrected chi connectivity index (χ2v) is 6.75. The van der Waals surface area contributed by atoms with E-state index in [2.05, 4.69) is 33.0 Å². The van der Waals surface area contributed by atoms with Crippen molar-refractivity contribution in [1.29, 1.82) is 0 Å². The van der Waals surface area contributed by atoms with Crippen LogP contribution in [0.1, 0.15) is 59.8 Å². The Bertz CT molecular complexity index is 284. The molecule has 0 saturated heterocycles. The zero-order valence-corrected chi connectivity index (χ0v) is 13.1. The molecule has 3 heteroatoms. The molecule has 112 valence electrons. The van der Waals surface area contributed by atoms with Gasteiger partial charge in [-0.05, 0) is 47.0 Å². The van der Waals surface area contributed by atoms with E-state index in [0.29, 0.717) is 17.6 Å². The molecular formula is C16H31NO2. The first-order valence-corrected chi connectivity index (χ1v) is 8.03. The van der Waals surface area contributed by atoms with Crippen LogP contribution in [0, 0.1) is 5.41 Å². The van der Waals surface area contributed by atoms with Gasteiger partial charge in [-0.25, -0.2) is 0 Å². The first kappa shape index (κ1) is 15.3. The van der Waals surface area contributed by atoms with Crippen LogP contribution in [0.25, 0.3) is 0 Å². The molecule has 2 unspecified atom stereocenters. The normalized spacial score (nSPS) is 29.7. The third kappa shape index (κ3) is 3.14. The maximum absolute atomic E-state index is 5.95. The summed E-state index contributed by atoms with van der Waals surface area (Å²) in [7, 11) is 0. The molecule has 19 heavy (non-hydrogen) atoms. The summed E-state index contributed by atoms with van der Waals surface area (Å²) in [4.78, 5) is 0. The predicted octanol–water partition coefficient (Wildman–Crippen LogP) is 3.13. The van der Waals surface area contributed by atoms with E-state index in [1.807, 2.05) is 0 Å². The van der Waals surface area contributed by atoms with Gasteiger partial charge in [-0.1, -0.05) is 12.8 Å². The van der Waals surface area contributed by atoms with Crippen molar-refractivity contribution in [2.24, 2.45) is 5.41 Å². The molecule has 0 radical (unpaired) electrons. The lowest BCUT2D eigenvalue weighted by atomic mass is 9.60. The molecule has 2 rings (SSSR count). The lowest BCUT2D eigenvalue weighted by molar-refractivity contribution is -0.134. The van der Waals surface area contributed by atoms with Crippen LogP contribution in [-0.4, -0.2) is 37.5 Å². The number of nitrogens with one attached hydrogen (secondary N) is 1. The van der Waals surface area contributed by atoms with Crippen molar-refractivity contribution in [3.05, 3.63) is 0 Å². The minimum atomic E-state index is -0.0642. The van der Waals surface area contributed by atoms with Crippen LogP contribution in [0.4, 0.5) is 0 Å². The van der Waals surface area contributed by atoms with Crippen molar-refractivity contribution >= 4 is 0 Å². The first-order chi connectivity index (χ1) is 9.04. The highest BCUT2D eigenvalue weighted by Gasteiger charge is 2.56. The van der Waals surface area contributed by atoms with Gasteiger partial charge in [-0.3, -0.25) is 0 Å². The summed E-state index contributed by atoms with van der Waals surface area (Å²) < 4.78 is 11.7. The highest BCUT2D eigenvalue weighted by molar-refractivity contribution is 5.10. The molecule has 0 aromatic rings. The number of hydrogen-bond donors (Lipinski definition) is 1. The Morgan fingerprint density at radius 2 is 1.84 bits per heavy atom. The zero-order chi connectivity index (χ0) is 13.9. The van der Waals surface area contributed by atoms with Crippen molar-refractivity contribution in [3.63, 3.8) is 0 Å². The van der Waals surface area contributed by atoms with Crippen LogP contribution in [0.2, 0.25) is 0 Å². The Kier molecular flexibility index (Phi) is 4.91. The Morgan fingerprint density at radius 1 is 1.16 bits per heavy atom. The Labute approximate surface area is 118 Å². The van der Waals surface area contributed by atoms with Gasteiger partial charge in [0.15, 0.2) is 0 Å². The lowest BCUT2D eigenvalue weighted by Crippen LogP contribution is -2.64. The van der Waals surface area contributed by atoms with Crippen molar-refractivity contribution in [3.8, 4) is 0 Å². The highest BCUT2D eigenvalue weighted by atomic mass is 16.5. The molecule has 0 aliphatic heterocycles. The van der Waals surface area contributed by atoms with Gasteiger partial charge in [0.1, 0.15) is 0 Å². The molecule has 2 saturated carbocycles. The van der Waals surface area contributed by atoms with Crippen LogP contribution in [-0.2, 0) is 9.47 Å². The number of ether oxygens (including phenoxy) is 2. The van der Waals surface area contributed by atoms with Crippen LogP contribution < -0.4 is 5.32 Å². The van der Waals surface area contributed by atoms with Crippen LogP contribution in [0.3, 0.4) is 0 Å². The van der Waals surface area contributed by atoms with E-state index in [4.69, 9.17) is 9.47 Å². The monoisotopic (exact) mass is 269 g/mol. The quantitative estimate of drug-likeness (QED) is 0.770. The van der Waals surface area contributed by atoms with E-state index >= 15 is 0 Å². The summed E-state index contributed by atoms with van der Waals surface area (Å²) in [6.45, 7) is 11.1. The Balaban J connectivity index is 1.87. The van der Waals surface area contributed by atoms with E-state index in [1.165, 1.54) is 32.1 Å². The van der Waals surface area contributed by atoms with E-state index in [9.17, 15) is 0 Å². The molecule has 2 aliphatic rings. The molecule has 2 atom stereocenters. The van der Waals surface area contributed by atoms with Gasteiger partial charge in [-0.15, -0.1) is 0 Å². The largest absolute Gasteiger partial charge is 0.378 e. The molecule has 0 heterocycles. The molecule has 3 nitrogen and oxygen atoms in total. The molecule has 0 aromatic heterocycles.